The fourth-order valence-corrected chi connectivity index (χ4v) is 6.82. The Morgan fingerprint density at radius 1 is 1.16 bits per heavy atom. The summed E-state index contributed by atoms with van der Waals surface area (Å²) in [7, 11) is 4.11. The number of piperidine rings is 1. The lowest BCUT2D eigenvalue weighted by Gasteiger charge is -2.31. The first kappa shape index (κ1) is 27.1. The van der Waals surface area contributed by atoms with Crippen LogP contribution in [0.15, 0.2) is 28.8 Å². The topological polar surface area (TPSA) is 85.8 Å². The van der Waals surface area contributed by atoms with Crippen molar-refractivity contribution in [2.75, 3.05) is 33.8 Å². The van der Waals surface area contributed by atoms with Gasteiger partial charge in [0.05, 0.1) is 24.0 Å². The molecule has 2 aromatic heterocycles. The van der Waals surface area contributed by atoms with Crippen molar-refractivity contribution in [2.24, 2.45) is 11.8 Å². The first-order valence-electron chi connectivity index (χ1n) is 14.1. The van der Waals surface area contributed by atoms with E-state index < -0.39 is 0 Å². The molecular formula is C30H40N4O3S. The van der Waals surface area contributed by atoms with E-state index in [1.807, 2.05) is 6.07 Å². The first-order valence-corrected chi connectivity index (χ1v) is 14.9. The number of aliphatic hydroxyl groups excluding tert-OH is 1. The summed E-state index contributed by atoms with van der Waals surface area (Å²) in [6.45, 7) is 4.42. The molecule has 5 rings (SSSR count). The van der Waals surface area contributed by atoms with Gasteiger partial charge in [-0.1, -0.05) is 18.0 Å². The van der Waals surface area contributed by atoms with Crippen molar-refractivity contribution < 1.29 is 14.4 Å². The zero-order chi connectivity index (χ0) is 26.5. The molecule has 2 atom stereocenters. The number of nitrogens with zero attached hydrogens (tertiary/aromatic N) is 4. The SMILES string of the molecule is CN(C)Cc1c(OCC2CCCC[C@H]2O)ccc2c(CCC3CCN(Cc4ccc(C#N)s4)CC3)noc12. The molecule has 1 saturated carbocycles. The fraction of sp³-hybridized carbons (Fsp3) is 0.600. The summed E-state index contributed by atoms with van der Waals surface area (Å²) in [6, 6.07) is 10.4. The van der Waals surface area contributed by atoms with Crippen molar-refractivity contribution in [3.05, 3.63) is 45.3 Å². The maximum atomic E-state index is 10.4. The third-order valence-corrected chi connectivity index (χ3v) is 9.19. The third kappa shape index (κ3) is 6.58. The zero-order valence-electron chi connectivity index (χ0n) is 22.7. The number of aromatic nitrogens is 1. The Hall–Kier alpha value is -2.44. The van der Waals surface area contributed by atoms with Crippen LogP contribution in [0.1, 0.15) is 66.0 Å². The van der Waals surface area contributed by atoms with Crippen molar-refractivity contribution in [1.29, 1.82) is 5.26 Å². The second-order valence-electron chi connectivity index (χ2n) is 11.3. The quantitative estimate of drug-likeness (QED) is 0.361. The van der Waals surface area contributed by atoms with Gasteiger partial charge in [0.1, 0.15) is 16.7 Å². The Labute approximate surface area is 230 Å². The average molecular weight is 537 g/mol. The number of ether oxygens (including phenoxy) is 1. The minimum Gasteiger partial charge on any atom is -0.493 e. The molecule has 1 aliphatic carbocycles. The Morgan fingerprint density at radius 2 is 1.97 bits per heavy atom. The van der Waals surface area contributed by atoms with E-state index in [9.17, 15) is 5.11 Å². The van der Waals surface area contributed by atoms with E-state index in [-0.39, 0.29) is 12.0 Å². The van der Waals surface area contributed by atoms with E-state index in [2.05, 4.69) is 53.3 Å². The standard InChI is InChI=1S/C30H40N4O3S/c1-33(2)19-26-29(36-20-22-5-3-4-6-28(22)35)12-10-25-27(32-37-30(25)26)11-7-21-13-15-34(16-14-21)18-24-9-8-23(17-31)38-24/h8-10,12,21-22,28,35H,3-7,11,13-16,18-20H2,1-2H3/t22?,28-/m1/s1. The number of aliphatic hydroxyl groups is 1. The average Bonchev–Trinajstić information content (AvgIpc) is 3.55. The predicted octanol–water partition coefficient (Wildman–Crippen LogP) is 5.60. The molecule has 1 aliphatic heterocycles. The van der Waals surface area contributed by atoms with Gasteiger partial charge in [-0.15, -0.1) is 11.3 Å². The summed E-state index contributed by atoms with van der Waals surface area (Å²) in [6.07, 6.45) is 8.34. The van der Waals surface area contributed by atoms with Crippen molar-refractivity contribution in [2.45, 2.75) is 70.6 Å². The van der Waals surface area contributed by atoms with Gasteiger partial charge in [0.25, 0.3) is 0 Å². The summed E-state index contributed by atoms with van der Waals surface area (Å²) >= 11 is 1.61. The molecule has 2 fully saturated rings. The number of benzene rings is 1. The molecule has 204 valence electrons. The van der Waals surface area contributed by atoms with Gasteiger partial charge < -0.3 is 19.3 Å². The van der Waals surface area contributed by atoms with E-state index in [4.69, 9.17) is 14.5 Å². The second-order valence-corrected chi connectivity index (χ2v) is 12.5. The van der Waals surface area contributed by atoms with Crippen LogP contribution in [0.5, 0.6) is 5.75 Å². The molecule has 0 amide bonds. The van der Waals surface area contributed by atoms with Crippen LogP contribution in [0.25, 0.3) is 11.0 Å². The summed E-state index contributed by atoms with van der Waals surface area (Å²) < 4.78 is 12.2. The molecule has 7 nitrogen and oxygen atoms in total. The maximum Gasteiger partial charge on any atom is 0.175 e. The second kappa shape index (κ2) is 12.6. The smallest absolute Gasteiger partial charge is 0.175 e. The van der Waals surface area contributed by atoms with E-state index in [1.54, 1.807) is 11.3 Å². The normalized spacial score (nSPS) is 21.2. The third-order valence-electron chi connectivity index (χ3n) is 8.22. The molecule has 0 bridgehead atoms. The molecule has 1 unspecified atom stereocenters. The van der Waals surface area contributed by atoms with Gasteiger partial charge in [-0.05, 0) is 95.9 Å². The Balaban J connectivity index is 1.19. The van der Waals surface area contributed by atoms with Gasteiger partial charge in [-0.25, -0.2) is 0 Å². The van der Waals surface area contributed by atoms with E-state index in [0.717, 1.165) is 91.0 Å². The predicted molar refractivity (Wildman–Crippen MR) is 150 cm³/mol. The van der Waals surface area contributed by atoms with Crippen molar-refractivity contribution in [3.8, 4) is 11.8 Å². The van der Waals surface area contributed by atoms with Gasteiger partial charge >= 0.3 is 0 Å². The Morgan fingerprint density at radius 3 is 2.71 bits per heavy atom. The van der Waals surface area contributed by atoms with Crippen LogP contribution in [0.2, 0.25) is 0 Å². The molecule has 1 N–H and O–H groups in total. The molecule has 0 spiro atoms. The van der Waals surface area contributed by atoms with Crippen LogP contribution in [-0.2, 0) is 19.5 Å². The van der Waals surface area contributed by atoms with Crippen LogP contribution in [-0.4, -0.2) is 60.0 Å². The maximum absolute atomic E-state index is 10.4. The minimum absolute atomic E-state index is 0.198. The largest absolute Gasteiger partial charge is 0.493 e. The highest BCUT2D eigenvalue weighted by Crippen LogP contribution is 2.34. The molecule has 1 saturated heterocycles. The number of aryl methyl sites for hydroxylation is 1. The monoisotopic (exact) mass is 536 g/mol. The molecule has 8 heteroatoms. The summed E-state index contributed by atoms with van der Waals surface area (Å²) in [4.78, 5) is 6.71. The first-order chi connectivity index (χ1) is 18.5. The summed E-state index contributed by atoms with van der Waals surface area (Å²) in [5.41, 5.74) is 2.91. The summed E-state index contributed by atoms with van der Waals surface area (Å²) in [5.74, 6) is 1.73. The molecule has 0 radical (unpaired) electrons. The van der Waals surface area contributed by atoms with Gasteiger partial charge in [-0.2, -0.15) is 5.26 Å². The van der Waals surface area contributed by atoms with Crippen LogP contribution in [0.3, 0.4) is 0 Å². The molecule has 1 aromatic carbocycles. The van der Waals surface area contributed by atoms with Crippen LogP contribution >= 0.6 is 11.3 Å². The number of rotatable bonds is 10. The van der Waals surface area contributed by atoms with Gasteiger partial charge in [-0.3, -0.25) is 4.90 Å². The van der Waals surface area contributed by atoms with Gasteiger partial charge in [0.2, 0.25) is 0 Å². The number of thiophene rings is 1. The van der Waals surface area contributed by atoms with Crippen LogP contribution in [0, 0.1) is 23.2 Å². The molecular weight excluding hydrogens is 496 g/mol. The van der Waals surface area contributed by atoms with Crippen molar-refractivity contribution >= 4 is 22.3 Å². The minimum atomic E-state index is -0.263. The van der Waals surface area contributed by atoms with Crippen molar-refractivity contribution in [3.63, 3.8) is 0 Å². The van der Waals surface area contributed by atoms with E-state index in [1.165, 1.54) is 17.7 Å². The van der Waals surface area contributed by atoms with Gasteiger partial charge in [0.15, 0.2) is 5.58 Å². The Kier molecular flexibility index (Phi) is 9.01. The summed E-state index contributed by atoms with van der Waals surface area (Å²) in [5, 5.41) is 25.0. The lowest BCUT2D eigenvalue weighted by molar-refractivity contribution is 0.0419. The highest BCUT2D eigenvalue weighted by Gasteiger charge is 2.25. The van der Waals surface area contributed by atoms with Crippen LogP contribution < -0.4 is 4.74 Å². The number of likely N-dealkylation sites (tertiary alicyclic amines) is 1. The lowest BCUT2D eigenvalue weighted by atomic mass is 9.87. The van der Waals surface area contributed by atoms with E-state index in [0.29, 0.717) is 19.1 Å². The molecule has 2 aliphatic rings. The number of hydrogen-bond acceptors (Lipinski definition) is 8. The van der Waals surface area contributed by atoms with Gasteiger partial charge in [0, 0.05) is 29.3 Å². The fourth-order valence-electron chi connectivity index (χ4n) is 5.97. The van der Waals surface area contributed by atoms with E-state index >= 15 is 0 Å². The Bertz CT molecular complexity index is 1240. The molecule has 3 heterocycles. The lowest BCUT2D eigenvalue weighted by Crippen LogP contribution is -2.33. The highest BCUT2D eigenvalue weighted by atomic mass is 32.1. The zero-order valence-corrected chi connectivity index (χ0v) is 23.5. The molecule has 3 aromatic rings. The van der Waals surface area contributed by atoms with Crippen LogP contribution in [0.4, 0.5) is 0 Å². The number of nitriles is 1. The number of hydrogen-bond donors (Lipinski definition) is 1. The van der Waals surface area contributed by atoms with Crippen molar-refractivity contribution in [1.82, 2.24) is 15.0 Å². The molecule has 38 heavy (non-hydrogen) atoms. The number of fused-ring (bicyclic) bond motifs is 1. The highest BCUT2D eigenvalue weighted by molar-refractivity contribution is 7.12.